The molecule has 0 aromatic carbocycles. The number of aliphatic hydroxyl groups is 1. The van der Waals surface area contributed by atoms with Gasteiger partial charge < -0.3 is 30.5 Å². The largest absolute Gasteiger partial charge is 0.458 e. The van der Waals surface area contributed by atoms with Crippen molar-refractivity contribution in [3.8, 4) is 0 Å². The third kappa shape index (κ3) is 3.77. The second-order valence-electron chi connectivity index (χ2n) is 6.41. The lowest BCUT2D eigenvalue weighted by molar-refractivity contribution is -0.156. The van der Waals surface area contributed by atoms with E-state index in [2.05, 4.69) is 11.9 Å². The van der Waals surface area contributed by atoms with Crippen molar-refractivity contribution < 1.29 is 24.2 Å². The second kappa shape index (κ2) is 7.33. The van der Waals surface area contributed by atoms with E-state index in [1.165, 1.54) is 0 Å². The maximum Gasteiger partial charge on any atom is 0.323 e. The van der Waals surface area contributed by atoms with E-state index in [9.17, 15) is 14.7 Å². The van der Waals surface area contributed by atoms with E-state index in [4.69, 9.17) is 15.2 Å². The molecule has 4 atom stereocenters. The Morgan fingerprint density at radius 2 is 2.29 bits per heavy atom. The molecule has 2 aliphatic heterocycles. The molecule has 4 N–H and O–H groups in total. The predicted octanol–water partition coefficient (Wildman–Crippen LogP) is -0.204. The summed E-state index contributed by atoms with van der Waals surface area (Å²) in [5, 5.41) is 12.1. The fraction of sp³-hybridized carbons (Fsp3) is 0.625. The molecular weight excluding hydrogens is 314 g/mol. The van der Waals surface area contributed by atoms with Gasteiger partial charge in [-0.2, -0.15) is 0 Å². The monoisotopic (exact) mass is 339 g/mol. The van der Waals surface area contributed by atoms with Crippen LogP contribution in [0, 0.1) is 5.92 Å². The Balaban J connectivity index is 2.07. The molecule has 2 rings (SSSR count). The Morgan fingerprint density at radius 3 is 2.88 bits per heavy atom. The summed E-state index contributed by atoms with van der Waals surface area (Å²) in [4.78, 5) is 25.3. The first-order valence-corrected chi connectivity index (χ1v) is 7.94. The van der Waals surface area contributed by atoms with Crippen LogP contribution in [-0.2, 0) is 19.1 Å². The molecule has 0 radical (unpaired) electrons. The van der Waals surface area contributed by atoms with E-state index in [0.29, 0.717) is 17.8 Å². The molecule has 0 aromatic rings. The third-order valence-corrected chi connectivity index (χ3v) is 4.19. The van der Waals surface area contributed by atoms with Crippen molar-refractivity contribution in [1.29, 1.82) is 0 Å². The van der Waals surface area contributed by atoms with Crippen LogP contribution in [0.15, 0.2) is 24.2 Å². The first-order valence-electron chi connectivity index (χ1n) is 7.94. The van der Waals surface area contributed by atoms with Crippen LogP contribution in [-0.4, -0.2) is 53.0 Å². The highest BCUT2D eigenvalue weighted by Gasteiger charge is 2.42. The topological polar surface area (TPSA) is 114 Å². The molecule has 0 saturated carbocycles. The molecule has 134 valence electrons. The van der Waals surface area contributed by atoms with Crippen LogP contribution in [0.3, 0.4) is 0 Å². The fourth-order valence-electron chi connectivity index (χ4n) is 2.56. The maximum absolute atomic E-state index is 12.1. The molecule has 0 aromatic heterocycles. The first-order chi connectivity index (χ1) is 11.2. The van der Waals surface area contributed by atoms with E-state index in [1.807, 2.05) is 13.8 Å². The number of amides is 1. The van der Waals surface area contributed by atoms with Crippen molar-refractivity contribution >= 4 is 11.9 Å². The van der Waals surface area contributed by atoms with Gasteiger partial charge in [0.15, 0.2) is 0 Å². The molecule has 8 nitrogen and oxygen atoms in total. The molecule has 1 fully saturated rings. The Hall–Kier alpha value is -1.90. The van der Waals surface area contributed by atoms with Gasteiger partial charge in [0.2, 0.25) is 0 Å². The van der Waals surface area contributed by atoms with E-state index < -0.39 is 30.4 Å². The zero-order chi connectivity index (χ0) is 18.0. The quantitative estimate of drug-likeness (QED) is 0.594. The van der Waals surface area contributed by atoms with Crippen molar-refractivity contribution in [1.82, 2.24) is 10.2 Å². The van der Waals surface area contributed by atoms with Crippen LogP contribution in [0.5, 0.6) is 0 Å². The van der Waals surface area contributed by atoms with Gasteiger partial charge >= 0.3 is 5.97 Å². The van der Waals surface area contributed by atoms with E-state index >= 15 is 0 Å². The predicted molar refractivity (Wildman–Crippen MR) is 85.9 cm³/mol. The second-order valence-corrected chi connectivity index (χ2v) is 6.41. The minimum atomic E-state index is -0.727. The standard InChI is InChI=1S/C16H25N3O5/c1-8(2)14(17)16(22)24-11-5-13(23-12(11)7-20)19-6-9(3)15(21)18-10(19)4/h6,8,11-14,20H,4-5,7,17H2,1-3H3,(H,18,21)/t11-,12-,13-,14?/m1/s1. The summed E-state index contributed by atoms with van der Waals surface area (Å²) < 4.78 is 11.2. The molecule has 24 heavy (non-hydrogen) atoms. The fourth-order valence-corrected chi connectivity index (χ4v) is 2.56. The molecule has 0 aliphatic carbocycles. The number of rotatable bonds is 5. The Kier molecular flexibility index (Phi) is 5.63. The lowest BCUT2D eigenvalue weighted by Gasteiger charge is -2.32. The summed E-state index contributed by atoms with van der Waals surface area (Å²) in [6, 6.07) is -0.727. The summed E-state index contributed by atoms with van der Waals surface area (Å²) in [6.07, 6.45) is 0.192. The smallest absolute Gasteiger partial charge is 0.323 e. The van der Waals surface area contributed by atoms with Gasteiger partial charge in [0.05, 0.1) is 6.61 Å². The van der Waals surface area contributed by atoms with Crippen LogP contribution in [0.1, 0.15) is 27.2 Å². The zero-order valence-corrected chi connectivity index (χ0v) is 14.2. The zero-order valence-electron chi connectivity index (χ0n) is 14.2. The summed E-state index contributed by atoms with van der Waals surface area (Å²) in [5.74, 6) is -0.418. The summed E-state index contributed by atoms with van der Waals surface area (Å²) >= 11 is 0. The molecule has 2 aliphatic rings. The summed E-state index contributed by atoms with van der Waals surface area (Å²) in [7, 11) is 0. The normalized spacial score (nSPS) is 28.7. The number of nitrogens with two attached hydrogens (primary N) is 1. The first kappa shape index (κ1) is 18.4. The summed E-state index contributed by atoms with van der Waals surface area (Å²) in [5.41, 5.74) is 6.31. The Bertz CT molecular complexity index is 560. The lowest BCUT2D eigenvalue weighted by Crippen LogP contribution is -2.42. The third-order valence-electron chi connectivity index (χ3n) is 4.19. The molecule has 0 bridgehead atoms. The number of nitrogens with one attached hydrogen (secondary N) is 1. The van der Waals surface area contributed by atoms with Crippen molar-refractivity contribution in [3.63, 3.8) is 0 Å². The van der Waals surface area contributed by atoms with Crippen molar-refractivity contribution in [2.75, 3.05) is 6.61 Å². The van der Waals surface area contributed by atoms with Gasteiger partial charge in [-0.1, -0.05) is 20.4 Å². The summed E-state index contributed by atoms with van der Waals surface area (Å²) in [6.45, 7) is 8.84. The van der Waals surface area contributed by atoms with Crippen LogP contribution >= 0.6 is 0 Å². The highest BCUT2D eigenvalue weighted by molar-refractivity contribution is 5.94. The molecular formula is C16H25N3O5. The Labute approximate surface area is 141 Å². The number of hydrogen-bond acceptors (Lipinski definition) is 7. The van der Waals surface area contributed by atoms with Gasteiger partial charge in [-0.05, 0) is 12.8 Å². The number of esters is 1. The van der Waals surface area contributed by atoms with Crippen LogP contribution in [0.4, 0.5) is 0 Å². The van der Waals surface area contributed by atoms with Crippen molar-refractivity contribution in [2.24, 2.45) is 11.7 Å². The van der Waals surface area contributed by atoms with Gasteiger partial charge in [0.1, 0.15) is 30.3 Å². The van der Waals surface area contributed by atoms with Gasteiger partial charge in [-0.15, -0.1) is 0 Å². The van der Waals surface area contributed by atoms with Gasteiger partial charge in [-0.25, -0.2) is 0 Å². The highest BCUT2D eigenvalue weighted by atomic mass is 16.6. The number of ether oxygens (including phenoxy) is 2. The minimum absolute atomic E-state index is 0.0501. The van der Waals surface area contributed by atoms with Gasteiger partial charge in [0, 0.05) is 18.2 Å². The molecule has 1 unspecified atom stereocenters. The Morgan fingerprint density at radius 1 is 1.62 bits per heavy atom. The number of nitrogens with zero attached hydrogens (tertiary/aromatic N) is 1. The van der Waals surface area contributed by atoms with Crippen molar-refractivity contribution in [2.45, 2.75) is 51.7 Å². The molecule has 8 heteroatoms. The number of carbonyl (C=O) groups excluding carboxylic acids is 2. The van der Waals surface area contributed by atoms with Crippen LogP contribution < -0.4 is 11.1 Å². The molecule has 0 spiro atoms. The molecule has 2 heterocycles. The number of aliphatic hydroxyl groups excluding tert-OH is 1. The average molecular weight is 339 g/mol. The number of carbonyl (C=O) groups is 2. The van der Waals surface area contributed by atoms with Crippen molar-refractivity contribution in [3.05, 3.63) is 24.2 Å². The molecule has 1 amide bonds. The van der Waals surface area contributed by atoms with Gasteiger partial charge in [0.25, 0.3) is 5.91 Å². The van der Waals surface area contributed by atoms with Crippen LogP contribution in [0.25, 0.3) is 0 Å². The van der Waals surface area contributed by atoms with E-state index in [1.54, 1.807) is 18.0 Å². The van der Waals surface area contributed by atoms with E-state index in [0.717, 1.165) is 0 Å². The van der Waals surface area contributed by atoms with E-state index in [-0.39, 0.29) is 18.4 Å². The lowest BCUT2D eigenvalue weighted by atomic mass is 10.1. The number of hydrogen-bond donors (Lipinski definition) is 3. The highest BCUT2D eigenvalue weighted by Crippen LogP contribution is 2.29. The maximum atomic E-state index is 12.1. The average Bonchev–Trinajstić information content (AvgIpc) is 2.92. The SMILES string of the molecule is C=C1NC(=O)C(C)=CN1[C@H]1C[C@@H](OC(=O)C(N)C(C)C)[C@@H](CO)O1. The molecule has 1 saturated heterocycles. The van der Waals surface area contributed by atoms with Gasteiger partial charge in [-0.3, -0.25) is 9.59 Å². The van der Waals surface area contributed by atoms with Crippen LogP contribution in [0.2, 0.25) is 0 Å². The minimum Gasteiger partial charge on any atom is -0.458 e.